The van der Waals surface area contributed by atoms with Gasteiger partial charge in [0.25, 0.3) is 0 Å². The van der Waals surface area contributed by atoms with Crippen LogP contribution in [0.15, 0.2) is 22.9 Å². The van der Waals surface area contributed by atoms with Gasteiger partial charge in [0.15, 0.2) is 0 Å². The second kappa shape index (κ2) is 6.25. The molecule has 17 heavy (non-hydrogen) atoms. The summed E-state index contributed by atoms with van der Waals surface area (Å²) in [7, 11) is 4.38. The van der Waals surface area contributed by atoms with Crippen LogP contribution in [0.1, 0.15) is 47.0 Å². The van der Waals surface area contributed by atoms with Gasteiger partial charge in [0.05, 0.1) is 0 Å². The van der Waals surface area contributed by atoms with Crippen molar-refractivity contribution in [2.45, 2.75) is 53.1 Å². The summed E-state index contributed by atoms with van der Waals surface area (Å²) >= 11 is 0. The van der Waals surface area contributed by atoms with E-state index in [-0.39, 0.29) is 0 Å². The van der Waals surface area contributed by atoms with E-state index in [0.717, 1.165) is 6.54 Å². The van der Waals surface area contributed by atoms with Crippen molar-refractivity contribution < 1.29 is 0 Å². The van der Waals surface area contributed by atoms with Gasteiger partial charge >= 0.3 is 0 Å². The van der Waals surface area contributed by atoms with Gasteiger partial charge in [0.1, 0.15) is 6.17 Å². The van der Waals surface area contributed by atoms with Crippen LogP contribution in [0, 0.1) is 0 Å². The molecule has 1 rings (SSSR count). The molecule has 0 aromatic rings. The highest BCUT2D eigenvalue weighted by Gasteiger charge is 2.27. The van der Waals surface area contributed by atoms with Gasteiger partial charge in [-0.05, 0) is 58.0 Å². The molecule has 1 atom stereocenters. The van der Waals surface area contributed by atoms with Crippen molar-refractivity contribution in [2.24, 2.45) is 0 Å². The molecule has 0 saturated heterocycles. The fourth-order valence-corrected chi connectivity index (χ4v) is 2.80. The van der Waals surface area contributed by atoms with Crippen LogP contribution >= 0.6 is 0 Å². The maximum absolute atomic E-state index is 2.54. The van der Waals surface area contributed by atoms with Crippen LogP contribution in [0.4, 0.5) is 0 Å². The molecule has 0 N–H and O–H groups in total. The molecule has 2 heteroatoms. The molecule has 1 unspecified atom stereocenters. The maximum atomic E-state index is 2.54. The number of allylic oxidation sites excluding steroid dienone is 3. The number of rotatable bonds is 5. The molecule has 0 aliphatic carbocycles. The zero-order chi connectivity index (χ0) is 13.0. The van der Waals surface area contributed by atoms with Gasteiger partial charge in [-0.25, -0.2) is 0 Å². The number of likely N-dealkylation sites (N-methyl/N-ethyl adjacent to an activating group) is 1. The second-order valence-corrected chi connectivity index (χ2v) is 5.27. The average Bonchev–Trinajstić information content (AvgIpc) is 2.25. The van der Waals surface area contributed by atoms with E-state index >= 15 is 0 Å². The Bertz CT molecular complexity index is 313. The van der Waals surface area contributed by atoms with Crippen LogP contribution in [0.25, 0.3) is 0 Å². The van der Waals surface area contributed by atoms with Crippen molar-refractivity contribution >= 4 is 0 Å². The molecule has 1 aliphatic heterocycles. The molecule has 98 valence electrons. The topological polar surface area (TPSA) is 6.48 Å². The van der Waals surface area contributed by atoms with E-state index in [1.165, 1.54) is 30.5 Å². The van der Waals surface area contributed by atoms with Gasteiger partial charge in [-0.3, -0.25) is 4.90 Å². The van der Waals surface area contributed by atoms with Crippen molar-refractivity contribution in [2.75, 3.05) is 20.6 Å². The van der Waals surface area contributed by atoms with Crippen molar-refractivity contribution in [3.8, 4) is 0 Å². The van der Waals surface area contributed by atoms with Crippen LogP contribution in [0.5, 0.6) is 0 Å². The minimum atomic E-state index is 0.458. The van der Waals surface area contributed by atoms with E-state index in [0.29, 0.717) is 6.17 Å². The van der Waals surface area contributed by atoms with Gasteiger partial charge < -0.3 is 4.90 Å². The minimum absolute atomic E-state index is 0.458. The quantitative estimate of drug-likeness (QED) is 0.719. The van der Waals surface area contributed by atoms with Crippen molar-refractivity contribution in [3.05, 3.63) is 22.9 Å². The van der Waals surface area contributed by atoms with Gasteiger partial charge in [-0.1, -0.05) is 20.3 Å². The molecule has 0 fully saturated rings. The summed E-state index contributed by atoms with van der Waals surface area (Å²) in [5, 5.41) is 0. The van der Waals surface area contributed by atoms with Crippen molar-refractivity contribution in [1.29, 1.82) is 0 Å². The smallest absolute Gasteiger partial charge is 0.104 e. The molecule has 0 saturated carbocycles. The maximum Gasteiger partial charge on any atom is 0.104 e. The fourth-order valence-electron chi connectivity index (χ4n) is 2.80. The lowest BCUT2D eigenvalue weighted by atomic mass is 9.95. The van der Waals surface area contributed by atoms with E-state index in [4.69, 9.17) is 0 Å². The average molecular weight is 236 g/mol. The van der Waals surface area contributed by atoms with Crippen LogP contribution < -0.4 is 0 Å². The molecular weight excluding hydrogens is 208 g/mol. The highest BCUT2D eigenvalue weighted by Crippen LogP contribution is 2.30. The lowest BCUT2D eigenvalue weighted by molar-refractivity contribution is 0.134. The first kappa shape index (κ1) is 14.3. The van der Waals surface area contributed by atoms with E-state index in [2.05, 4.69) is 57.7 Å². The van der Waals surface area contributed by atoms with Gasteiger partial charge in [-0.2, -0.15) is 0 Å². The third-order valence-electron chi connectivity index (χ3n) is 3.46. The van der Waals surface area contributed by atoms with E-state index in [9.17, 15) is 0 Å². The monoisotopic (exact) mass is 236 g/mol. The van der Waals surface area contributed by atoms with E-state index in [1.54, 1.807) is 5.57 Å². The van der Waals surface area contributed by atoms with E-state index < -0.39 is 0 Å². The van der Waals surface area contributed by atoms with Crippen LogP contribution in [-0.4, -0.2) is 36.6 Å². The van der Waals surface area contributed by atoms with Gasteiger partial charge in [-0.15, -0.1) is 0 Å². The summed E-state index contributed by atoms with van der Waals surface area (Å²) in [6.45, 7) is 10.2. The lowest BCUT2D eigenvalue weighted by Gasteiger charge is -2.43. The second-order valence-electron chi connectivity index (χ2n) is 5.27. The molecular formula is C15H28N2. The molecule has 0 bridgehead atoms. The number of hydrogen-bond donors (Lipinski definition) is 0. The Morgan fingerprint density at radius 2 is 1.82 bits per heavy atom. The normalized spacial score (nSPS) is 21.2. The molecule has 2 nitrogen and oxygen atoms in total. The Balaban J connectivity index is 3.08. The predicted molar refractivity (Wildman–Crippen MR) is 75.8 cm³/mol. The van der Waals surface area contributed by atoms with E-state index in [1.807, 2.05) is 0 Å². The third-order valence-corrected chi connectivity index (χ3v) is 3.46. The fraction of sp³-hybridized carbons (Fsp3) is 0.733. The molecule has 0 radical (unpaired) electrons. The lowest BCUT2D eigenvalue weighted by Crippen LogP contribution is -2.47. The Labute approximate surface area is 107 Å². The molecule has 1 aliphatic rings. The van der Waals surface area contributed by atoms with Gasteiger partial charge in [0.2, 0.25) is 0 Å². The molecule has 0 spiro atoms. The first-order valence-electron chi connectivity index (χ1n) is 6.83. The number of nitrogens with zero attached hydrogens (tertiary/aromatic N) is 2. The SMILES string of the molecule is CCCC1=C(C)C=C(C)N(CCC)C1N(C)C. The third kappa shape index (κ3) is 3.12. The molecule has 0 aromatic carbocycles. The molecule has 0 amide bonds. The Kier molecular flexibility index (Phi) is 5.26. The molecule has 0 aromatic heterocycles. The highest BCUT2D eigenvalue weighted by molar-refractivity contribution is 5.34. The summed E-state index contributed by atoms with van der Waals surface area (Å²) in [6, 6.07) is 0. The first-order valence-corrected chi connectivity index (χ1v) is 6.83. The minimum Gasteiger partial charge on any atom is -0.356 e. The van der Waals surface area contributed by atoms with Crippen molar-refractivity contribution in [1.82, 2.24) is 9.80 Å². The first-order chi connectivity index (χ1) is 8.02. The van der Waals surface area contributed by atoms with Crippen LogP contribution in [0.3, 0.4) is 0 Å². The van der Waals surface area contributed by atoms with Gasteiger partial charge in [0, 0.05) is 12.2 Å². The zero-order valence-electron chi connectivity index (χ0n) is 12.4. The molecule has 1 heterocycles. The predicted octanol–water partition coefficient (Wildman–Crippen LogP) is 3.62. The summed E-state index contributed by atoms with van der Waals surface area (Å²) in [6.07, 6.45) is 6.44. The Morgan fingerprint density at radius 3 is 2.29 bits per heavy atom. The zero-order valence-corrected chi connectivity index (χ0v) is 12.4. The Hall–Kier alpha value is -0.760. The highest BCUT2D eigenvalue weighted by atomic mass is 15.3. The number of hydrogen-bond acceptors (Lipinski definition) is 2. The summed E-state index contributed by atoms with van der Waals surface area (Å²) in [4.78, 5) is 4.89. The summed E-state index contributed by atoms with van der Waals surface area (Å²) in [5.41, 5.74) is 4.47. The standard InChI is InChI=1S/C15H28N2/c1-7-9-14-12(3)11-13(4)17(10-8-2)15(14)16(5)6/h11,15H,7-10H2,1-6H3. The van der Waals surface area contributed by atoms with Crippen LogP contribution in [0.2, 0.25) is 0 Å². The Morgan fingerprint density at radius 1 is 1.18 bits per heavy atom. The summed E-state index contributed by atoms with van der Waals surface area (Å²) < 4.78 is 0. The van der Waals surface area contributed by atoms with Crippen LogP contribution in [-0.2, 0) is 0 Å². The largest absolute Gasteiger partial charge is 0.356 e. The van der Waals surface area contributed by atoms with Crippen molar-refractivity contribution in [3.63, 3.8) is 0 Å². The summed E-state index contributed by atoms with van der Waals surface area (Å²) in [5.74, 6) is 0.